The van der Waals surface area contributed by atoms with E-state index in [0.717, 1.165) is 11.1 Å². The van der Waals surface area contributed by atoms with Gasteiger partial charge in [-0.05, 0) is 0 Å². The molecule has 2 aromatic carbocycles. The van der Waals surface area contributed by atoms with Crippen molar-refractivity contribution in [3.63, 3.8) is 0 Å². The van der Waals surface area contributed by atoms with Crippen LogP contribution < -0.4 is 0 Å². The van der Waals surface area contributed by atoms with Gasteiger partial charge < -0.3 is 0 Å². The van der Waals surface area contributed by atoms with Crippen LogP contribution in [0.5, 0.6) is 0 Å². The number of hydrogen-bond acceptors (Lipinski definition) is 2. The van der Waals surface area contributed by atoms with Crippen molar-refractivity contribution >= 4 is 38.1 Å². The molecule has 0 saturated heterocycles. The van der Waals surface area contributed by atoms with Gasteiger partial charge in [-0.1, -0.05) is 0 Å². The molecule has 0 saturated carbocycles. The fourth-order valence-electron chi connectivity index (χ4n) is 1.90. The van der Waals surface area contributed by atoms with E-state index in [1.165, 1.54) is 0 Å². The minimum atomic E-state index is -0.607. The molecule has 4 heteroatoms. The van der Waals surface area contributed by atoms with Gasteiger partial charge in [-0.2, -0.15) is 0 Å². The van der Waals surface area contributed by atoms with E-state index >= 15 is 0 Å². The van der Waals surface area contributed by atoms with Crippen LogP contribution in [-0.2, 0) is 0 Å². The molecule has 0 aliphatic rings. The zero-order valence-corrected chi connectivity index (χ0v) is 15.0. The Morgan fingerprint density at radius 1 is 0.909 bits per heavy atom. The number of benzene rings is 2. The van der Waals surface area contributed by atoms with Gasteiger partial charge in [0.05, 0.1) is 0 Å². The van der Waals surface area contributed by atoms with Crippen LogP contribution in [0.15, 0.2) is 48.5 Å². The van der Waals surface area contributed by atoms with Crippen LogP contribution in [0.3, 0.4) is 0 Å². The Labute approximate surface area is 142 Å². The molecule has 114 valence electrons. The Balaban J connectivity index is 1.93. The van der Waals surface area contributed by atoms with Crippen LogP contribution in [0.25, 0.3) is 0 Å². The molecule has 2 rings (SSSR count). The molecule has 0 fully saturated rings. The third kappa shape index (κ3) is 4.54. The fourth-order valence-corrected chi connectivity index (χ4v) is 3.93. The molecular weight excluding hydrogens is 363 g/mol. The van der Waals surface area contributed by atoms with Crippen molar-refractivity contribution in [1.29, 1.82) is 0 Å². The van der Waals surface area contributed by atoms with E-state index in [9.17, 15) is 9.59 Å². The number of Topliss-reactive ketones (excluding diaryl/α,β-unsaturated/α-hetero) is 2. The maximum absolute atomic E-state index is 12.2. The normalized spacial score (nSPS) is 12.0. The van der Waals surface area contributed by atoms with Gasteiger partial charge in [-0.25, -0.2) is 0 Å². The number of hydrogen-bond donors (Lipinski definition) is 0. The van der Waals surface area contributed by atoms with E-state index in [2.05, 4.69) is 0 Å². The Morgan fingerprint density at radius 3 is 1.86 bits per heavy atom. The predicted octanol–water partition coefficient (Wildman–Crippen LogP) is 4.06. The quantitative estimate of drug-likeness (QED) is 0.431. The standard InChI is InChI=1S/C18H17ClO2Se/c1-12-3-7-14(8-4-12)16(20)11-22-18(19)17(21)15-9-5-13(2)6-10-15/h3-10,18H,11H2,1-2H3. The molecule has 0 bridgehead atoms. The van der Waals surface area contributed by atoms with E-state index in [4.69, 9.17) is 11.6 Å². The molecule has 0 heterocycles. The van der Waals surface area contributed by atoms with Crippen LogP contribution in [0.4, 0.5) is 0 Å². The van der Waals surface area contributed by atoms with Crippen LogP contribution >= 0.6 is 11.6 Å². The molecule has 1 unspecified atom stereocenters. The first kappa shape index (κ1) is 17.0. The van der Waals surface area contributed by atoms with Gasteiger partial charge >= 0.3 is 142 Å². The Kier molecular flexibility index (Phi) is 5.96. The summed E-state index contributed by atoms with van der Waals surface area (Å²) in [6.45, 7) is 3.95. The molecular formula is C18H17ClO2Se. The zero-order chi connectivity index (χ0) is 16.1. The van der Waals surface area contributed by atoms with Crippen LogP contribution in [0, 0.1) is 13.8 Å². The Bertz CT molecular complexity index is 662. The summed E-state index contributed by atoms with van der Waals surface area (Å²) in [5.74, 6) is -0.0549. The van der Waals surface area contributed by atoms with Crippen molar-refractivity contribution in [3.8, 4) is 0 Å². The number of rotatable bonds is 6. The second kappa shape index (κ2) is 7.73. The minimum absolute atomic E-state index is 0.0438. The number of alkyl halides is 1. The first-order chi connectivity index (χ1) is 10.5. The van der Waals surface area contributed by atoms with E-state index in [1.807, 2.05) is 50.2 Å². The average molecular weight is 380 g/mol. The van der Waals surface area contributed by atoms with Crippen molar-refractivity contribution in [2.24, 2.45) is 0 Å². The molecule has 1 atom stereocenters. The summed E-state index contributed by atoms with van der Waals surface area (Å²) in [7, 11) is 0. The zero-order valence-electron chi connectivity index (χ0n) is 12.5. The van der Waals surface area contributed by atoms with Crippen molar-refractivity contribution in [3.05, 3.63) is 70.8 Å². The van der Waals surface area contributed by atoms with Crippen molar-refractivity contribution in [2.45, 2.75) is 23.4 Å². The summed E-state index contributed by atoms with van der Waals surface area (Å²) in [4.78, 5) is 24.3. The molecule has 0 N–H and O–H groups in total. The van der Waals surface area contributed by atoms with E-state index in [1.54, 1.807) is 12.1 Å². The van der Waals surface area contributed by atoms with Crippen LogP contribution in [-0.4, -0.2) is 30.8 Å². The summed E-state index contributed by atoms with van der Waals surface area (Å²) >= 11 is 5.93. The van der Waals surface area contributed by atoms with Gasteiger partial charge in [0.25, 0.3) is 0 Å². The molecule has 0 amide bonds. The molecule has 0 aliphatic heterocycles. The number of halogens is 1. The third-order valence-corrected chi connectivity index (χ3v) is 6.09. The van der Waals surface area contributed by atoms with E-state index < -0.39 is 4.28 Å². The van der Waals surface area contributed by atoms with Gasteiger partial charge in [-0.15, -0.1) is 0 Å². The van der Waals surface area contributed by atoms with Crippen molar-refractivity contribution < 1.29 is 9.59 Å². The molecule has 0 radical (unpaired) electrons. The fraction of sp³-hybridized carbons (Fsp3) is 0.222. The van der Waals surface area contributed by atoms with E-state index in [0.29, 0.717) is 16.4 Å². The first-order valence-electron chi connectivity index (χ1n) is 6.94. The number of carbonyl (C=O) groups is 2. The van der Waals surface area contributed by atoms with Crippen LogP contribution in [0.1, 0.15) is 31.8 Å². The maximum atomic E-state index is 12.2. The first-order valence-corrected chi connectivity index (χ1v) is 9.57. The number of aryl methyl sites for hydroxylation is 2. The molecule has 0 aromatic heterocycles. The Morgan fingerprint density at radius 2 is 1.36 bits per heavy atom. The summed E-state index contributed by atoms with van der Waals surface area (Å²) in [6, 6.07) is 14.8. The van der Waals surface area contributed by atoms with E-state index in [-0.39, 0.29) is 26.5 Å². The molecule has 2 aromatic rings. The third-order valence-electron chi connectivity index (χ3n) is 3.28. The predicted molar refractivity (Wildman–Crippen MR) is 91.2 cm³/mol. The van der Waals surface area contributed by atoms with Gasteiger partial charge in [-0.3, -0.25) is 0 Å². The average Bonchev–Trinajstić information content (AvgIpc) is 2.53. The number of carbonyl (C=O) groups excluding carboxylic acids is 2. The second-order valence-corrected chi connectivity index (χ2v) is 8.46. The van der Waals surface area contributed by atoms with Gasteiger partial charge in [0.15, 0.2) is 0 Å². The van der Waals surface area contributed by atoms with Crippen molar-refractivity contribution in [1.82, 2.24) is 0 Å². The summed E-state index contributed by atoms with van der Waals surface area (Å²) in [5.41, 5.74) is 3.50. The summed E-state index contributed by atoms with van der Waals surface area (Å²) in [5, 5.41) is 0.335. The van der Waals surface area contributed by atoms with Crippen LogP contribution in [0.2, 0.25) is 5.32 Å². The number of ketones is 2. The van der Waals surface area contributed by atoms with Gasteiger partial charge in [0.2, 0.25) is 0 Å². The summed E-state index contributed by atoms with van der Waals surface area (Å²) in [6.07, 6.45) is 0. The topological polar surface area (TPSA) is 34.1 Å². The van der Waals surface area contributed by atoms with Gasteiger partial charge in [0.1, 0.15) is 0 Å². The second-order valence-electron chi connectivity index (χ2n) is 5.15. The van der Waals surface area contributed by atoms with Gasteiger partial charge in [0, 0.05) is 0 Å². The Hall–Kier alpha value is -1.41. The molecule has 2 nitrogen and oxygen atoms in total. The van der Waals surface area contributed by atoms with Crippen molar-refractivity contribution in [2.75, 3.05) is 0 Å². The monoisotopic (exact) mass is 380 g/mol. The summed E-state index contributed by atoms with van der Waals surface area (Å²) < 4.78 is -0.607. The molecule has 0 spiro atoms. The SMILES string of the molecule is Cc1ccc(C(=O)C[Se]C(Cl)C(=O)c2ccc(C)cc2)cc1. The molecule has 0 aliphatic carbocycles. The molecule has 22 heavy (non-hydrogen) atoms.